The Morgan fingerprint density at radius 1 is 1.59 bits per heavy atom. The van der Waals surface area contributed by atoms with Gasteiger partial charge in [0.1, 0.15) is 17.7 Å². The van der Waals surface area contributed by atoms with Crippen LogP contribution in [0, 0.1) is 0 Å². The zero-order valence-corrected chi connectivity index (χ0v) is 14.2. The van der Waals surface area contributed by atoms with E-state index in [2.05, 4.69) is 34.9 Å². The van der Waals surface area contributed by atoms with E-state index in [0.29, 0.717) is 19.1 Å². The van der Waals surface area contributed by atoms with Crippen molar-refractivity contribution in [1.82, 2.24) is 15.2 Å². The van der Waals surface area contributed by atoms with Gasteiger partial charge in [-0.05, 0) is 44.5 Å². The molecule has 1 N–H and O–H groups in total. The van der Waals surface area contributed by atoms with Crippen molar-refractivity contribution in [3.63, 3.8) is 0 Å². The van der Waals surface area contributed by atoms with Gasteiger partial charge in [0, 0.05) is 18.7 Å². The van der Waals surface area contributed by atoms with E-state index in [4.69, 9.17) is 4.74 Å². The average molecular weight is 323 g/mol. The van der Waals surface area contributed by atoms with Crippen molar-refractivity contribution < 1.29 is 9.53 Å². The number of nitrogens with zero attached hydrogens (tertiary/aromatic N) is 2. The van der Waals surface area contributed by atoms with Gasteiger partial charge in [-0.3, -0.25) is 14.7 Å². The minimum atomic E-state index is -0.308. The molecule has 2 heterocycles. The van der Waals surface area contributed by atoms with E-state index in [1.807, 2.05) is 19.2 Å². The second-order valence-corrected chi connectivity index (χ2v) is 6.36. The third-order valence-electron chi connectivity index (χ3n) is 3.85. The van der Waals surface area contributed by atoms with Gasteiger partial charge in [0.15, 0.2) is 0 Å². The quantitative estimate of drug-likeness (QED) is 0.598. The summed E-state index contributed by atoms with van der Waals surface area (Å²) in [6, 6.07) is 2.46. The normalized spacial score (nSPS) is 19.9. The van der Waals surface area contributed by atoms with Crippen LogP contribution in [-0.4, -0.2) is 41.4 Å². The molecule has 1 fully saturated rings. The molecule has 0 aliphatic carbocycles. The Hall–Kier alpha value is -1.27. The summed E-state index contributed by atoms with van der Waals surface area (Å²) in [4.78, 5) is 18.1. The molecule has 0 radical (unpaired) electrons. The van der Waals surface area contributed by atoms with Crippen LogP contribution in [0.3, 0.4) is 0 Å². The van der Waals surface area contributed by atoms with E-state index >= 15 is 0 Å². The van der Waals surface area contributed by atoms with Gasteiger partial charge in [-0.25, -0.2) is 0 Å². The number of rotatable bonds is 7. The van der Waals surface area contributed by atoms with E-state index in [1.165, 1.54) is 12.0 Å². The molecule has 5 nitrogen and oxygen atoms in total. The molecule has 122 valence electrons. The second-order valence-electron chi connectivity index (χ2n) is 5.74. The summed E-state index contributed by atoms with van der Waals surface area (Å²) in [7, 11) is 2.14. The molecule has 22 heavy (non-hydrogen) atoms. The number of carbonyl (C=O) groups excluding carboxylic acids is 1. The number of ether oxygens (including phenoxy) is 1. The fraction of sp³-hybridized carbons (Fsp3) is 0.625. The Morgan fingerprint density at radius 3 is 3.09 bits per heavy atom. The van der Waals surface area contributed by atoms with Crippen LogP contribution in [0.5, 0.6) is 5.75 Å². The number of pyridine rings is 1. The third kappa shape index (κ3) is 4.88. The van der Waals surface area contributed by atoms with Gasteiger partial charge in [-0.15, -0.1) is 0 Å². The Balaban J connectivity index is 1.86. The van der Waals surface area contributed by atoms with Gasteiger partial charge >= 0.3 is 0 Å². The predicted molar refractivity (Wildman–Crippen MR) is 90.2 cm³/mol. The standard InChI is InChI=1S/C16H25N3O2S/c1-3-5-15(20)18-16(22)11-21-13-8-12(9-17-10-13)14-6-4-7-19(14)2/h8-10,14,16,22H,3-7,11H2,1-2H3,(H,18,20)/t14-,16?/m0/s1. The van der Waals surface area contributed by atoms with Crippen molar-refractivity contribution in [3.8, 4) is 5.75 Å². The van der Waals surface area contributed by atoms with Crippen LogP contribution >= 0.6 is 12.6 Å². The Kier molecular flexibility index (Phi) is 6.51. The lowest BCUT2D eigenvalue weighted by atomic mass is 10.1. The van der Waals surface area contributed by atoms with Crippen molar-refractivity contribution >= 4 is 18.5 Å². The maximum Gasteiger partial charge on any atom is 0.220 e. The number of hydrogen-bond donors (Lipinski definition) is 2. The zero-order valence-electron chi connectivity index (χ0n) is 13.3. The van der Waals surface area contributed by atoms with Gasteiger partial charge < -0.3 is 10.1 Å². The highest BCUT2D eigenvalue weighted by Crippen LogP contribution is 2.31. The molecule has 0 spiro atoms. The van der Waals surface area contributed by atoms with Crippen LogP contribution in [-0.2, 0) is 4.79 Å². The van der Waals surface area contributed by atoms with Crippen molar-refractivity contribution in [2.75, 3.05) is 20.2 Å². The van der Waals surface area contributed by atoms with E-state index in [0.717, 1.165) is 25.1 Å². The number of nitrogens with one attached hydrogen (secondary N) is 1. The molecule has 1 aromatic heterocycles. The maximum absolute atomic E-state index is 11.5. The van der Waals surface area contributed by atoms with Gasteiger partial charge in [-0.2, -0.15) is 12.6 Å². The Morgan fingerprint density at radius 2 is 2.41 bits per heavy atom. The molecule has 2 rings (SSSR count). The number of hydrogen-bond acceptors (Lipinski definition) is 5. The summed E-state index contributed by atoms with van der Waals surface area (Å²) in [5.74, 6) is 0.729. The molecule has 0 saturated carbocycles. The summed E-state index contributed by atoms with van der Waals surface area (Å²) in [5, 5.41) is 2.49. The molecule has 6 heteroatoms. The number of thiol groups is 1. The van der Waals surface area contributed by atoms with Crippen LogP contribution in [0.4, 0.5) is 0 Å². The first-order valence-corrected chi connectivity index (χ1v) is 8.37. The van der Waals surface area contributed by atoms with Crippen molar-refractivity contribution in [1.29, 1.82) is 0 Å². The highest BCUT2D eigenvalue weighted by molar-refractivity contribution is 7.80. The lowest BCUT2D eigenvalue weighted by Gasteiger charge is -2.20. The zero-order chi connectivity index (χ0) is 15.9. The van der Waals surface area contributed by atoms with Gasteiger partial charge in [0.25, 0.3) is 0 Å². The van der Waals surface area contributed by atoms with Crippen LogP contribution in [0.25, 0.3) is 0 Å². The molecule has 0 bridgehead atoms. The van der Waals surface area contributed by atoms with Crippen LogP contribution < -0.4 is 10.1 Å². The van der Waals surface area contributed by atoms with E-state index in [9.17, 15) is 4.79 Å². The minimum Gasteiger partial charge on any atom is -0.489 e. The Bertz CT molecular complexity index is 498. The number of aromatic nitrogens is 1. The van der Waals surface area contributed by atoms with Gasteiger partial charge in [0.2, 0.25) is 5.91 Å². The van der Waals surface area contributed by atoms with Gasteiger partial charge in [0.05, 0.1) is 6.20 Å². The highest BCUT2D eigenvalue weighted by Gasteiger charge is 2.23. The SMILES string of the molecule is CCCC(=O)NC(S)COc1cncc([C@@H]2CCCN2C)c1. The molecule has 1 amide bonds. The summed E-state index contributed by atoms with van der Waals surface area (Å²) < 4.78 is 5.71. The molecule has 1 aliphatic heterocycles. The topological polar surface area (TPSA) is 54.5 Å². The Labute approximate surface area is 137 Å². The van der Waals surface area contributed by atoms with Crippen LogP contribution in [0.15, 0.2) is 18.5 Å². The molecule has 1 saturated heterocycles. The summed E-state index contributed by atoms with van der Waals surface area (Å²) >= 11 is 4.33. The summed E-state index contributed by atoms with van der Waals surface area (Å²) in [6.07, 6.45) is 7.32. The third-order valence-corrected chi connectivity index (χ3v) is 4.13. The lowest BCUT2D eigenvalue weighted by Crippen LogP contribution is -2.34. The molecule has 0 aromatic carbocycles. The van der Waals surface area contributed by atoms with E-state index in [1.54, 1.807) is 6.20 Å². The van der Waals surface area contributed by atoms with Crippen LogP contribution in [0.1, 0.15) is 44.2 Å². The fourth-order valence-corrected chi connectivity index (χ4v) is 2.95. The maximum atomic E-state index is 11.5. The van der Waals surface area contributed by atoms with Crippen molar-refractivity contribution in [2.45, 2.75) is 44.0 Å². The smallest absolute Gasteiger partial charge is 0.220 e. The van der Waals surface area contributed by atoms with Gasteiger partial charge in [-0.1, -0.05) is 6.92 Å². The molecule has 2 atom stereocenters. The van der Waals surface area contributed by atoms with E-state index < -0.39 is 0 Å². The number of likely N-dealkylation sites (tertiary alicyclic amines) is 1. The highest BCUT2D eigenvalue weighted by atomic mass is 32.1. The molecule has 1 aromatic rings. The summed E-state index contributed by atoms with van der Waals surface area (Å²) in [6.45, 7) is 3.42. The van der Waals surface area contributed by atoms with Crippen LogP contribution in [0.2, 0.25) is 0 Å². The minimum absolute atomic E-state index is 0.00514. The molecular weight excluding hydrogens is 298 g/mol. The lowest BCUT2D eigenvalue weighted by molar-refractivity contribution is -0.121. The van der Waals surface area contributed by atoms with E-state index in [-0.39, 0.29) is 11.3 Å². The average Bonchev–Trinajstić information content (AvgIpc) is 2.92. The molecular formula is C16H25N3O2S. The molecule has 1 aliphatic rings. The first-order valence-electron chi connectivity index (χ1n) is 7.85. The second kappa shape index (κ2) is 8.39. The predicted octanol–water partition coefficient (Wildman–Crippen LogP) is 2.40. The first-order chi connectivity index (χ1) is 10.6. The van der Waals surface area contributed by atoms with Crippen molar-refractivity contribution in [3.05, 3.63) is 24.0 Å². The number of amides is 1. The molecule has 1 unspecified atom stereocenters. The monoisotopic (exact) mass is 323 g/mol. The first kappa shape index (κ1) is 17.1. The van der Waals surface area contributed by atoms with Crippen molar-refractivity contribution in [2.24, 2.45) is 0 Å². The summed E-state index contributed by atoms with van der Waals surface area (Å²) in [5.41, 5.74) is 1.18. The largest absolute Gasteiger partial charge is 0.489 e. The number of carbonyl (C=O) groups is 1. The fourth-order valence-electron chi connectivity index (χ4n) is 2.73.